The van der Waals surface area contributed by atoms with Crippen LogP contribution >= 0.6 is 0 Å². The average Bonchev–Trinajstić information content (AvgIpc) is 2.96. The van der Waals surface area contributed by atoms with Gasteiger partial charge in [0.1, 0.15) is 18.1 Å². The molecule has 0 unspecified atom stereocenters. The normalized spacial score (nSPS) is 18.4. The Balaban J connectivity index is 1.33. The molecule has 2 heterocycles. The summed E-state index contributed by atoms with van der Waals surface area (Å²) in [6.45, 7) is 7.13. The highest BCUT2D eigenvalue weighted by atomic mass is 16.5. The number of likely N-dealkylation sites (tertiary alicyclic amines) is 1. The zero-order valence-corrected chi connectivity index (χ0v) is 23.5. The zero-order chi connectivity index (χ0) is 27.1. The summed E-state index contributed by atoms with van der Waals surface area (Å²) in [6.07, 6.45) is 6.69. The van der Waals surface area contributed by atoms with Crippen molar-refractivity contribution in [2.75, 3.05) is 39.9 Å². The predicted octanol–water partition coefficient (Wildman–Crippen LogP) is 6.53. The van der Waals surface area contributed by atoms with Gasteiger partial charge in [0.05, 0.1) is 7.11 Å². The van der Waals surface area contributed by atoms with Crippen molar-refractivity contribution in [3.05, 3.63) is 95.1 Å². The third-order valence-electron chi connectivity index (χ3n) is 8.54. The molecule has 0 atom stereocenters. The minimum Gasteiger partial charge on any atom is -0.497 e. The Morgan fingerprint density at radius 3 is 2.49 bits per heavy atom. The molecule has 206 valence electrons. The number of ether oxygens (including phenoxy) is 2. The van der Waals surface area contributed by atoms with E-state index < -0.39 is 0 Å². The van der Waals surface area contributed by atoms with Gasteiger partial charge in [0.25, 0.3) is 5.91 Å². The van der Waals surface area contributed by atoms with Crippen LogP contribution in [0.3, 0.4) is 0 Å². The highest BCUT2D eigenvalue weighted by molar-refractivity contribution is 5.94. The summed E-state index contributed by atoms with van der Waals surface area (Å²) >= 11 is 0. The molecule has 3 aromatic carbocycles. The van der Waals surface area contributed by atoms with E-state index in [4.69, 9.17) is 9.47 Å². The van der Waals surface area contributed by atoms with Crippen LogP contribution in [-0.2, 0) is 13.0 Å². The van der Waals surface area contributed by atoms with Crippen molar-refractivity contribution in [1.82, 2.24) is 9.80 Å². The maximum absolute atomic E-state index is 13.3. The van der Waals surface area contributed by atoms with Gasteiger partial charge >= 0.3 is 0 Å². The number of nitrogens with zero attached hydrogens (tertiary/aromatic N) is 2. The summed E-state index contributed by atoms with van der Waals surface area (Å²) in [6, 6.07) is 24.9. The predicted molar refractivity (Wildman–Crippen MR) is 157 cm³/mol. The molecular weight excluding hydrogens is 484 g/mol. The molecule has 1 amide bonds. The average molecular weight is 527 g/mol. The Hall–Kier alpha value is -3.31. The van der Waals surface area contributed by atoms with Gasteiger partial charge in [-0.15, -0.1) is 0 Å². The number of carbonyl (C=O) groups excluding carboxylic acids is 1. The van der Waals surface area contributed by atoms with E-state index in [2.05, 4.69) is 46.2 Å². The van der Waals surface area contributed by atoms with Crippen molar-refractivity contribution in [2.45, 2.75) is 52.0 Å². The van der Waals surface area contributed by atoms with E-state index in [1.54, 1.807) is 7.11 Å². The van der Waals surface area contributed by atoms with Crippen molar-refractivity contribution >= 4 is 5.91 Å². The molecule has 5 heteroatoms. The lowest BCUT2D eigenvalue weighted by Crippen LogP contribution is -2.48. The van der Waals surface area contributed by atoms with Gasteiger partial charge in [-0.2, -0.15) is 0 Å². The van der Waals surface area contributed by atoms with E-state index in [1.807, 2.05) is 43.3 Å². The van der Waals surface area contributed by atoms with E-state index in [1.165, 1.54) is 24.0 Å². The van der Waals surface area contributed by atoms with Crippen molar-refractivity contribution in [3.8, 4) is 11.5 Å². The standard InChI is InChI=1S/C34H42N2O3/c1-27-8-7-11-30(24-27)33(37)36-20-18-34(19-21-36)17-6-5-10-29-9-3-4-12-32(29)39-23-22-35(26-34)25-28-13-15-31(38-2)16-14-28/h3-4,7-9,11-16,24H,5-6,10,17-23,25-26H2,1-2H3. The lowest BCUT2D eigenvalue weighted by atomic mass is 9.73. The lowest BCUT2D eigenvalue weighted by Gasteiger charge is -2.45. The van der Waals surface area contributed by atoms with Crippen LogP contribution in [0.4, 0.5) is 0 Å². The van der Waals surface area contributed by atoms with Crippen LogP contribution in [0.5, 0.6) is 11.5 Å². The molecule has 5 rings (SSSR count). The second kappa shape index (κ2) is 12.7. The monoisotopic (exact) mass is 526 g/mol. The number of amides is 1. The van der Waals surface area contributed by atoms with Gasteiger partial charge in [-0.3, -0.25) is 9.69 Å². The van der Waals surface area contributed by atoms with Crippen molar-refractivity contribution in [2.24, 2.45) is 5.41 Å². The minimum atomic E-state index is 0.168. The second-order valence-corrected chi connectivity index (χ2v) is 11.4. The smallest absolute Gasteiger partial charge is 0.253 e. The molecule has 3 aromatic rings. The Morgan fingerprint density at radius 2 is 1.72 bits per heavy atom. The summed E-state index contributed by atoms with van der Waals surface area (Å²) in [5.41, 5.74) is 4.74. The number of carbonyl (C=O) groups is 1. The maximum atomic E-state index is 13.3. The van der Waals surface area contributed by atoms with Crippen LogP contribution < -0.4 is 9.47 Å². The molecule has 39 heavy (non-hydrogen) atoms. The van der Waals surface area contributed by atoms with Crippen LogP contribution in [0.25, 0.3) is 0 Å². The summed E-state index contributed by atoms with van der Waals surface area (Å²) < 4.78 is 11.7. The molecule has 0 N–H and O–H groups in total. The largest absolute Gasteiger partial charge is 0.497 e. The summed E-state index contributed by atoms with van der Waals surface area (Å²) in [7, 11) is 1.71. The summed E-state index contributed by atoms with van der Waals surface area (Å²) in [5.74, 6) is 2.08. The summed E-state index contributed by atoms with van der Waals surface area (Å²) in [5, 5.41) is 0. The van der Waals surface area contributed by atoms with E-state index in [9.17, 15) is 4.79 Å². The number of methoxy groups -OCH3 is 1. The molecule has 0 radical (unpaired) electrons. The van der Waals surface area contributed by atoms with Gasteiger partial charge < -0.3 is 14.4 Å². The van der Waals surface area contributed by atoms with Gasteiger partial charge in [0, 0.05) is 38.3 Å². The van der Waals surface area contributed by atoms with Crippen LogP contribution in [0.15, 0.2) is 72.8 Å². The number of aryl methyl sites for hydroxylation is 2. The maximum Gasteiger partial charge on any atom is 0.253 e. The third-order valence-corrected chi connectivity index (χ3v) is 8.54. The first-order valence-corrected chi connectivity index (χ1v) is 14.5. The van der Waals surface area contributed by atoms with Crippen LogP contribution in [-0.4, -0.2) is 55.6 Å². The quantitative estimate of drug-likeness (QED) is 0.387. The highest BCUT2D eigenvalue weighted by Crippen LogP contribution is 2.39. The third kappa shape index (κ3) is 7.02. The van der Waals surface area contributed by atoms with E-state index in [0.717, 1.165) is 81.0 Å². The van der Waals surface area contributed by atoms with Crippen LogP contribution in [0.1, 0.15) is 59.2 Å². The van der Waals surface area contributed by atoms with E-state index in [0.29, 0.717) is 6.61 Å². The van der Waals surface area contributed by atoms with Crippen molar-refractivity contribution in [3.63, 3.8) is 0 Å². The number of para-hydroxylation sites is 1. The number of rotatable bonds is 4. The molecular formula is C34H42N2O3. The fraction of sp³-hybridized carbons (Fsp3) is 0.441. The Bertz CT molecular complexity index is 1230. The first-order valence-electron chi connectivity index (χ1n) is 14.5. The van der Waals surface area contributed by atoms with Gasteiger partial charge in [0.15, 0.2) is 0 Å². The van der Waals surface area contributed by atoms with Crippen molar-refractivity contribution < 1.29 is 14.3 Å². The molecule has 2 aliphatic rings. The number of fused-ring (bicyclic) bond motifs is 1. The molecule has 5 nitrogen and oxygen atoms in total. The second-order valence-electron chi connectivity index (χ2n) is 11.4. The summed E-state index contributed by atoms with van der Waals surface area (Å²) in [4.78, 5) is 17.9. The number of benzene rings is 3. The Kier molecular flexibility index (Phi) is 8.88. The molecule has 1 spiro atoms. The lowest BCUT2D eigenvalue weighted by molar-refractivity contribution is 0.0361. The fourth-order valence-corrected chi connectivity index (χ4v) is 6.26. The molecule has 1 fully saturated rings. The molecule has 0 saturated carbocycles. The molecule has 0 aliphatic carbocycles. The minimum absolute atomic E-state index is 0.168. The molecule has 0 aromatic heterocycles. The van der Waals surface area contributed by atoms with E-state index in [-0.39, 0.29) is 11.3 Å². The Morgan fingerprint density at radius 1 is 0.923 bits per heavy atom. The van der Waals surface area contributed by atoms with Crippen LogP contribution in [0, 0.1) is 12.3 Å². The highest BCUT2D eigenvalue weighted by Gasteiger charge is 2.37. The van der Waals surface area contributed by atoms with Crippen LogP contribution in [0.2, 0.25) is 0 Å². The van der Waals surface area contributed by atoms with E-state index >= 15 is 0 Å². The first-order chi connectivity index (χ1) is 19.0. The van der Waals surface area contributed by atoms with Gasteiger partial charge in [-0.1, -0.05) is 54.4 Å². The SMILES string of the molecule is COc1ccc(CN2CCOc3ccccc3CCCCC3(CCN(C(=O)c4cccc(C)c4)CC3)C2)cc1. The van der Waals surface area contributed by atoms with Gasteiger partial charge in [0.2, 0.25) is 0 Å². The Labute approximate surface area is 233 Å². The number of piperidine rings is 1. The van der Waals surface area contributed by atoms with Crippen molar-refractivity contribution in [1.29, 1.82) is 0 Å². The zero-order valence-electron chi connectivity index (χ0n) is 23.5. The molecule has 1 saturated heterocycles. The fourth-order valence-electron chi connectivity index (χ4n) is 6.26. The molecule has 0 bridgehead atoms. The number of hydrogen-bond acceptors (Lipinski definition) is 4. The van der Waals surface area contributed by atoms with Gasteiger partial charge in [-0.05, 0) is 85.9 Å². The van der Waals surface area contributed by atoms with Gasteiger partial charge in [-0.25, -0.2) is 0 Å². The number of hydrogen-bond donors (Lipinski definition) is 0. The molecule has 2 aliphatic heterocycles. The topological polar surface area (TPSA) is 42.0 Å². The first kappa shape index (κ1) is 27.3.